The first-order valence-electron chi connectivity index (χ1n) is 9.33. The first-order chi connectivity index (χ1) is 13.9. The van der Waals surface area contributed by atoms with E-state index < -0.39 is 0 Å². The summed E-state index contributed by atoms with van der Waals surface area (Å²) in [7, 11) is 0. The smallest absolute Gasteiger partial charge is 0.277 e. The fraction of sp³-hybridized carbons (Fsp3) is 0.217. The van der Waals surface area contributed by atoms with Gasteiger partial charge >= 0.3 is 0 Å². The Balaban J connectivity index is 1.73. The van der Waals surface area contributed by atoms with Crippen LogP contribution in [0.25, 0.3) is 5.69 Å². The SMILES string of the molecule is Cc1ccc(-n2c(C)c(Br)c(/C=N\NC(=O)COc3ccccc3)c2C)c(C)c1. The number of nitrogens with zero attached hydrogens (tertiary/aromatic N) is 2. The van der Waals surface area contributed by atoms with Crippen LogP contribution in [0.3, 0.4) is 0 Å². The lowest BCUT2D eigenvalue weighted by Gasteiger charge is -2.13. The van der Waals surface area contributed by atoms with E-state index in [1.807, 2.05) is 25.1 Å². The van der Waals surface area contributed by atoms with Crippen LogP contribution in [0.1, 0.15) is 28.1 Å². The van der Waals surface area contributed by atoms with Crippen molar-refractivity contribution in [1.29, 1.82) is 0 Å². The van der Waals surface area contributed by atoms with Crippen LogP contribution in [0.2, 0.25) is 0 Å². The first-order valence-corrected chi connectivity index (χ1v) is 10.1. The number of rotatable bonds is 6. The highest BCUT2D eigenvalue weighted by Gasteiger charge is 2.17. The zero-order chi connectivity index (χ0) is 21.0. The Kier molecular flexibility index (Phi) is 6.54. The number of para-hydroxylation sites is 1. The van der Waals surface area contributed by atoms with Crippen molar-refractivity contribution in [3.05, 3.63) is 81.1 Å². The van der Waals surface area contributed by atoms with Gasteiger partial charge in [0.15, 0.2) is 6.61 Å². The number of hydrogen-bond acceptors (Lipinski definition) is 3. The summed E-state index contributed by atoms with van der Waals surface area (Å²) in [6, 6.07) is 15.6. The Morgan fingerprint density at radius 2 is 1.83 bits per heavy atom. The standard InChI is InChI=1S/C23H24BrN3O2/c1-15-10-11-21(16(2)12-15)27-17(3)20(23(24)18(27)4)13-25-26-22(28)14-29-19-8-6-5-7-9-19/h5-13H,14H2,1-4H3,(H,26,28)/b25-13-. The highest BCUT2D eigenvalue weighted by Crippen LogP contribution is 2.30. The molecule has 1 heterocycles. The predicted molar refractivity (Wildman–Crippen MR) is 120 cm³/mol. The van der Waals surface area contributed by atoms with E-state index in [0.29, 0.717) is 5.75 Å². The number of aryl methyl sites for hydroxylation is 2. The van der Waals surface area contributed by atoms with Gasteiger partial charge in [-0.3, -0.25) is 4.79 Å². The molecule has 3 aromatic rings. The van der Waals surface area contributed by atoms with Crippen LogP contribution < -0.4 is 10.2 Å². The molecule has 0 bridgehead atoms. The third kappa shape index (κ3) is 4.77. The maximum atomic E-state index is 12.0. The molecule has 1 amide bonds. The summed E-state index contributed by atoms with van der Waals surface area (Å²) in [6.07, 6.45) is 1.66. The lowest BCUT2D eigenvalue weighted by molar-refractivity contribution is -0.123. The van der Waals surface area contributed by atoms with Gasteiger partial charge in [-0.15, -0.1) is 0 Å². The number of benzene rings is 2. The van der Waals surface area contributed by atoms with Crippen LogP contribution >= 0.6 is 15.9 Å². The van der Waals surface area contributed by atoms with Crippen molar-refractivity contribution in [3.63, 3.8) is 0 Å². The molecule has 0 fully saturated rings. The third-order valence-corrected chi connectivity index (χ3v) is 5.70. The summed E-state index contributed by atoms with van der Waals surface area (Å²) in [6.45, 7) is 8.20. The van der Waals surface area contributed by atoms with Gasteiger partial charge in [-0.25, -0.2) is 5.43 Å². The molecule has 0 radical (unpaired) electrons. The van der Waals surface area contributed by atoms with Crippen LogP contribution in [-0.2, 0) is 4.79 Å². The second-order valence-electron chi connectivity index (χ2n) is 6.92. The van der Waals surface area contributed by atoms with Crippen LogP contribution in [-0.4, -0.2) is 23.3 Å². The molecule has 1 N–H and O–H groups in total. The molecule has 0 saturated heterocycles. The molecule has 5 nitrogen and oxygen atoms in total. The topological polar surface area (TPSA) is 55.6 Å². The Bertz CT molecular complexity index is 1060. The third-order valence-electron chi connectivity index (χ3n) is 4.70. The van der Waals surface area contributed by atoms with E-state index in [1.54, 1.807) is 18.3 Å². The van der Waals surface area contributed by atoms with Gasteiger partial charge in [0, 0.05) is 27.1 Å². The van der Waals surface area contributed by atoms with E-state index in [2.05, 4.69) is 70.0 Å². The average Bonchev–Trinajstić information content (AvgIpc) is 2.91. The number of carbonyl (C=O) groups excluding carboxylic acids is 1. The van der Waals surface area contributed by atoms with Crippen LogP contribution in [0.4, 0.5) is 0 Å². The minimum atomic E-state index is -0.315. The minimum Gasteiger partial charge on any atom is -0.484 e. The molecule has 1 aromatic heterocycles. The summed E-state index contributed by atoms with van der Waals surface area (Å²) >= 11 is 3.67. The molecule has 29 heavy (non-hydrogen) atoms. The summed E-state index contributed by atoms with van der Waals surface area (Å²) in [5.74, 6) is 0.329. The van der Waals surface area contributed by atoms with Crippen LogP contribution in [0.15, 0.2) is 58.1 Å². The molecule has 0 aliphatic carbocycles. The van der Waals surface area contributed by atoms with Crippen LogP contribution in [0, 0.1) is 27.7 Å². The van der Waals surface area contributed by atoms with Gasteiger partial charge in [0.05, 0.1) is 6.21 Å². The number of halogens is 1. The maximum Gasteiger partial charge on any atom is 0.277 e. The highest BCUT2D eigenvalue weighted by molar-refractivity contribution is 9.10. The second kappa shape index (κ2) is 9.09. The fourth-order valence-corrected chi connectivity index (χ4v) is 3.82. The van der Waals surface area contributed by atoms with Gasteiger partial charge in [0.1, 0.15) is 5.75 Å². The zero-order valence-corrected chi connectivity index (χ0v) is 18.6. The zero-order valence-electron chi connectivity index (χ0n) is 17.0. The molecule has 2 aromatic carbocycles. The summed E-state index contributed by atoms with van der Waals surface area (Å²) in [4.78, 5) is 12.0. The van der Waals surface area contributed by atoms with E-state index in [4.69, 9.17) is 4.74 Å². The molecule has 0 saturated carbocycles. The maximum absolute atomic E-state index is 12.0. The van der Waals surface area contributed by atoms with Gasteiger partial charge < -0.3 is 9.30 Å². The first kappa shape index (κ1) is 20.9. The number of amides is 1. The number of aromatic nitrogens is 1. The van der Waals surface area contributed by atoms with E-state index in [1.165, 1.54) is 11.1 Å². The van der Waals surface area contributed by atoms with E-state index >= 15 is 0 Å². The number of hydrazone groups is 1. The monoisotopic (exact) mass is 453 g/mol. The average molecular weight is 454 g/mol. The van der Waals surface area contributed by atoms with Crippen molar-refractivity contribution in [3.8, 4) is 11.4 Å². The van der Waals surface area contributed by atoms with Crippen molar-refractivity contribution >= 4 is 28.1 Å². The Hall–Kier alpha value is -2.86. The normalized spacial score (nSPS) is 11.1. The summed E-state index contributed by atoms with van der Waals surface area (Å²) in [5.41, 5.74) is 9.13. The molecule has 150 valence electrons. The van der Waals surface area contributed by atoms with Crippen molar-refractivity contribution in [2.24, 2.45) is 5.10 Å². The molecule has 0 atom stereocenters. The number of hydrogen-bond donors (Lipinski definition) is 1. The molecule has 0 aliphatic rings. The molecule has 0 spiro atoms. The number of carbonyl (C=O) groups is 1. The van der Waals surface area contributed by atoms with Gasteiger partial charge in [0.2, 0.25) is 0 Å². The summed E-state index contributed by atoms with van der Waals surface area (Å²) < 4.78 is 8.57. The Morgan fingerprint density at radius 1 is 1.10 bits per heavy atom. The molecule has 6 heteroatoms. The van der Waals surface area contributed by atoms with Crippen molar-refractivity contribution < 1.29 is 9.53 Å². The molecule has 0 unspecified atom stereocenters. The van der Waals surface area contributed by atoms with E-state index in [-0.39, 0.29) is 12.5 Å². The quantitative estimate of drug-likeness (QED) is 0.421. The number of nitrogens with one attached hydrogen (secondary N) is 1. The van der Waals surface area contributed by atoms with Crippen molar-refractivity contribution in [2.45, 2.75) is 27.7 Å². The van der Waals surface area contributed by atoms with Crippen molar-refractivity contribution in [2.75, 3.05) is 6.61 Å². The predicted octanol–water partition coefficient (Wildman–Crippen LogP) is 5.00. The Morgan fingerprint density at radius 3 is 2.52 bits per heavy atom. The van der Waals surface area contributed by atoms with Crippen molar-refractivity contribution in [1.82, 2.24) is 9.99 Å². The van der Waals surface area contributed by atoms with Crippen LogP contribution in [0.5, 0.6) is 5.75 Å². The number of ether oxygens (including phenoxy) is 1. The molecule has 0 aliphatic heterocycles. The molecule has 3 rings (SSSR count). The molecular formula is C23H24BrN3O2. The minimum absolute atomic E-state index is 0.0931. The highest BCUT2D eigenvalue weighted by atomic mass is 79.9. The lowest BCUT2D eigenvalue weighted by atomic mass is 10.1. The fourth-order valence-electron chi connectivity index (χ4n) is 3.26. The van der Waals surface area contributed by atoms with E-state index in [0.717, 1.165) is 27.1 Å². The van der Waals surface area contributed by atoms with Gasteiger partial charge in [-0.1, -0.05) is 35.9 Å². The van der Waals surface area contributed by atoms with Gasteiger partial charge in [-0.2, -0.15) is 5.10 Å². The Labute approximate surface area is 179 Å². The second-order valence-corrected chi connectivity index (χ2v) is 7.71. The van der Waals surface area contributed by atoms with Gasteiger partial charge in [-0.05, 0) is 67.4 Å². The van der Waals surface area contributed by atoms with Gasteiger partial charge in [0.25, 0.3) is 5.91 Å². The van der Waals surface area contributed by atoms with E-state index in [9.17, 15) is 4.79 Å². The summed E-state index contributed by atoms with van der Waals surface area (Å²) in [5, 5.41) is 4.11. The molecular weight excluding hydrogens is 430 g/mol. The lowest BCUT2D eigenvalue weighted by Crippen LogP contribution is -2.24. The largest absolute Gasteiger partial charge is 0.484 e.